The maximum absolute atomic E-state index is 12.6. The highest BCUT2D eigenvalue weighted by atomic mass is 35.5. The average molecular weight is 379 g/mol. The highest BCUT2D eigenvalue weighted by Crippen LogP contribution is 2.33. The van der Waals surface area contributed by atoms with Crippen LogP contribution in [0.5, 0.6) is 5.75 Å². The Balaban J connectivity index is 2.32. The van der Waals surface area contributed by atoms with E-state index in [1.165, 1.54) is 11.3 Å². The lowest BCUT2D eigenvalue weighted by atomic mass is 9.92. The van der Waals surface area contributed by atoms with Crippen molar-refractivity contribution in [2.45, 2.75) is 46.5 Å². The molecule has 0 saturated carbocycles. The fraction of sp³-hybridized carbons (Fsp3) is 0.368. The molecule has 2 rings (SSSR count). The van der Waals surface area contributed by atoms with E-state index in [1.54, 1.807) is 19.1 Å². The molecule has 0 bridgehead atoms. The molecule has 4 nitrogen and oxygen atoms in total. The number of phenolic OH excluding ortho intramolecular Hbond substituents is 1. The average Bonchev–Trinajstić information content (AvgIpc) is 2.98. The Morgan fingerprint density at radius 3 is 2.40 bits per heavy atom. The number of hydrogen-bond acceptors (Lipinski definition) is 4. The minimum atomic E-state index is -0.427. The summed E-state index contributed by atoms with van der Waals surface area (Å²) < 4.78 is 0.666. The molecule has 1 aromatic carbocycles. The number of phenols is 1. The molecular weight excluding hydrogens is 356 g/mol. The lowest BCUT2D eigenvalue weighted by Crippen LogP contribution is -2.20. The molecule has 2 N–H and O–H groups in total. The summed E-state index contributed by atoms with van der Waals surface area (Å²) in [7, 11) is 0. The van der Waals surface area contributed by atoms with Gasteiger partial charge in [0, 0.05) is 0 Å². The number of hydrogen-bond donors (Lipinski definition) is 2. The number of carbonyl (C=O) groups excluding carboxylic acids is 1. The Labute approximate surface area is 157 Å². The molecule has 0 fully saturated rings. The van der Waals surface area contributed by atoms with Gasteiger partial charge in [-0.1, -0.05) is 45.4 Å². The van der Waals surface area contributed by atoms with Crippen LogP contribution in [0.4, 0.5) is 0 Å². The lowest BCUT2D eigenvalue weighted by Gasteiger charge is -2.16. The van der Waals surface area contributed by atoms with E-state index in [9.17, 15) is 9.90 Å². The first-order chi connectivity index (χ1) is 11.7. The molecule has 0 saturated heterocycles. The van der Waals surface area contributed by atoms with Crippen LogP contribution in [0, 0.1) is 0 Å². The molecule has 0 aliphatic rings. The van der Waals surface area contributed by atoms with Gasteiger partial charge in [0.25, 0.3) is 5.91 Å². The highest BCUT2D eigenvalue weighted by Gasteiger charge is 2.19. The number of aromatic hydroxyl groups is 1. The van der Waals surface area contributed by atoms with Crippen LogP contribution in [0.2, 0.25) is 4.34 Å². The van der Waals surface area contributed by atoms with Crippen molar-refractivity contribution in [3.63, 3.8) is 0 Å². The van der Waals surface area contributed by atoms with Crippen LogP contribution in [0.1, 0.15) is 72.8 Å². The largest absolute Gasteiger partial charge is 0.507 e. The Bertz CT molecular complexity index is 810. The molecule has 0 aliphatic carbocycles. The molecule has 0 unspecified atom stereocenters. The number of carbonyl (C=O) groups is 1. The molecular formula is C19H23ClN2O2S. The summed E-state index contributed by atoms with van der Waals surface area (Å²) in [5.41, 5.74) is 5.22. The van der Waals surface area contributed by atoms with Gasteiger partial charge in [0.2, 0.25) is 0 Å². The predicted molar refractivity (Wildman–Crippen MR) is 105 cm³/mol. The molecule has 1 heterocycles. The first kappa shape index (κ1) is 19.5. The minimum absolute atomic E-state index is 0.0175. The Morgan fingerprint density at radius 1 is 1.20 bits per heavy atom. The van der Waals surface area contributed by atoms with E-state index >= 15 is 0 Å². The van der Waals surface area contributed by atoms with E-state index < -0.39 is 5.91 Å². The fourth-order valence-electron chi connectivity index (χ4n) is 2.39. The summed E-state index contributed by atoms with van der Waals surface area (Å²) in [4.78, 5) is 13.4. The minimum Gasteiger partial charge on any atom is -0.507 e. The van der Waals surface area contributed by atoms with E-state index in [4.69, 9.17) is 11.6 Å². The van der Waals surface area contributed by atoms with E-state index in [0.717, 1.165) is 16.0 Å². The molecule has 1 aromatic heterocycles. The summed E-state index contributed by atoms with van der Waals surface area (Å²) in [6.45, 7) is 9.89. The van der Waals surface area contributed by atoms with Crippen molar-refractivity contribution in [3.05, 3.63) is 50.2 Å². The van der Waals surface area contributed by atoms with Gasteiger partial charge in [-0.05, 0) is 48.1 Å². The topological polar surface area (TPSA) is 61.7 Å². The second-order valence-electron chi connectivity index (χ2n) is 6.56. The van der Waals surface area contributed by atoms with Crippen LogP contribution in [-0.4, -0.2) is 16.7 Å². The summed E-state index contributed by atoms with van der Waals surface area (Å²) in [5, 5.41) is 14.6. The molecule has 6 heteroatoms. The number of amides is 1. The van der Waals surface area contributed by atoms with Crippen molar-refractivity contribution >= 4 is 34.6 Å². The molecule has 0 aliphatic heterocycles. The standard InChI is InChI=1S/C19H23ClN2O2S/c1-10(2)13-8-14(11(3)4)18(23)15(9-13)19(24)22-21-12(5)16-6-7-17(20)25-16/h6-11,23H,1-5H3,(H,22,24)/b21-12-. The third kappa shape index (κ3) is 4.61. The van der Waals surface area contributed by atoms with Crippen LogP contribution in [0.3, 0.4) is 0 Å². The zero-order valence-electron chi connectivity index (χ0n) is 15.1. The van der Waals surface area contributed by atoms with Crippen LogP contribution >= 0.6 is 22.9 Å². The predicted octanol–water partition coefficient (Wildman–Crippen LogP) is 5.51. The van der Waals surface area contributed by atoms with Gasteiger partial charge >= 0.3 is 0 Å². The third-order valence-electron chi connectivity index (χ3n) is 3.95. The van der Waals surface area contributed by atoms with Crippen LogP contribution < -0.4 is 5.43 Å². The van der Waals surface area contributed by atoms with Crippen LogP contribution in [0.15, 0.2) is 29.4 Å². The normalized spacial score (nSPS) is 12.1. The number of nitrogens with one attached hydrogen (secondary N) is 1. The van der Waals surface area contributed by atoms with Crippen LogP contribution in [-0.2, 0) is 0 Å². The highest BCUT2D eigenvalue weighted by molar-refractivity contribution is 7.18. The summed E-state index contributed by atoms with van der Waals surface area (Å²) >= 11 is 7.31. The summed E-state index contributed by atoms with van der Waals surface area (Å²) in [6.07, 6.45) is 0. The number of halogens is 1. The SMILES string of the molecule is C/C(=N/NC(=O)c1cc(C(C)C)cc(C(C)C)c1O)c1ccc(Cl)s1. The van der Waals surface area contributed by atoms with Crippen molar-refractivity contribution in [1.29, 1.82) is 0 Å². The maximum atomic E-state index is 12.6. The van der Waals surface area contributed by atoms with Gasteiger partial charge in [-0.15, -0.1) is 11.3 Å². The molecule has 0 spiro atoms. The number of benzene rings is 1. The Morgan fingerprint density at radius 2 is 1.88 bits per heavy atom. The number of rotatable bonds is 5. The molecule has 1 amide bonds. The smallest absolute Gasteiger partial charge is 0.275 e. The molecule has 2 aromatic rings. The molecule has 0 radical (unpaired) electrons. The van der Waals surface area contributed by atoms with E-state index in [0.29, 0.717) is 10.0 Å². The second-order valence-corrected chi connectivity index (χ2v) is 8.27. The van der Waals surface area contributed by atoms with Gasteiger partial charge in [-0.3, -0.25) is 4.79 Å². The van der Waals surface area contributed by atoms with Gasteiger partial charge < -0.3 is 5.11 Å². The van der Waals surface area contributed by atoms with Crippen LogP contribution in [0.25, 0.3) is 0 Å². The second kappa shape index (κ2) is 8.02. The Hall–Kier alpha value is -1.85. The maximum Gasteiger partial charge on any atom is 0.275 e. The van der Waals surface area contributed by atoms with Crippen molar-refractivity contribution in [2.24, 2.45) is 5.10 Å². The first-order valence-corrected chi connectivity index (χ1v) is 9.37. The zero-order chi connectivity index (χ0) is 18.7. The van der Waals surface area contributed by atoms with Gasteiger partial charge in [0.05, 0.1) is 20.5 Å². The molecule has 134 valence electrons. The van der Waals surface area contributed by atoms with Crippen molar-refractivity contribution in [2.75, 3.05) is 0 Å². The molecule has 0 atom stereocenters. The third-order valence-corrected chi connectivity index (χ3v) is 5.29. The summed E-state index contributed by atoms with van der Waals surface area (Å²) in [6, 6.07) is 7.33. The number of hydrazone groups is 1. The van der Waals surface area contributed by atoms with E-state index in [-0.39, 0.29) is 23.1 Å². The summed E-state index contributed by atoms with van der Waals surface area (Å²) in [5.74, 6) is -0.0419. The first-order valence-electron chi connectivity index (χ1n) is 8.17. The Kier molecular flexibility index (Phi) is 6.25. The van der Waals surface area contributed by atoms with Crippen molar-refractivity contribution in [1.82, 2.24) is 5.43 Å². The van der Waals surface area contributed by atoms with E-state index in [2.05, 4.69) is 24.4 Å². The van der Waals surface area contributed by atoms with Gasteiger partial charge in [0.15, 0.2) is 0 Å². The van der Waals surface area contributed by atoms with Gasteiger partial charge in [-0.25, -0.2) is 5.43 Å². The van der Waals surface area contributed by atoms with Gasteiger partial charge in [0.1, 0.15) is 5.75 Å². The lowest BCUT2D eigenvalue weighted by molar-refractivity contribution is 0.0952. The van der Waals surface area contributed by atoms with Crippen molar-refractivity contribution in [3.8, 4) is 5.75 Å². The fourth-order valence-corrected chi connectivity index (χ4v) is 3.37. The van der Waals surface area contributed by atoms with E-state index in [1.807, 2.05) is 26.0 Å². The van der Waals surface area contributed by atoms with Crippen molar-refractivity contribution < 1.29 is 9.90 Å². The quantitative estimate of drug-likeness (QED) is 0.532. The number of thiophene rings is 1. The monoisotopic (exact) mass is 378 g/mol. The number of nitrogens with zero attached hydrogens (tertiary/aromatic N) is 1. The molecule has 25 heavy (non-hydrogen) atoms. The zero-order valence-corrected chi connectivity index (χ0v) is 16.6. The van der Waals surface area contributed by atoms with Gasteiger partial charge in [-0.2, -0.15) is 5.10 Å².